The predicted molar refractivity (Wildman–Crippen MR) is 60.9 cm³/mol. The summed E-state index contributed by atoms with van der Waals surface area (Å²) in [5.41, 5.74) is -0.749. The maximum atomic E-state index is 10.7. The molecule has 0 aromatic rings. The minimum absolute atomic E-state index is 0.282. The van der Waals surface area contributed by atoms with Crippen molar-refractivity contribution in [3.63, 3.8) is 0 Å². The standard InChI is InChI=1S/C12H19NO3/c1-2-3-8-13-9-12(16)6-4-10(5-7-12)11(14)15/h10,13,16H,4-9H2,1H3,(H,14,15). The van der Waals surface area contributed by atoms with E-state index in [-0.39, 0.29) is 5.92 Å². The van der Waals surface area contributed by atoms with Crippen LogP contribution in [0.25, 0.3) is 0 Å². The van der Waals surface area contributed by atoms with Crippen LogP contribution < -0.4 is 5.32 Å². The maximum absolute atomic E-state index is 10.7. The van der Waals surface area contributed by atoms with Crippen LogP contribution in [0.5, 0.6) is 0 Å². The molecule has 1 fully saturated rings. The Labute approximate surface area is 96.0 Å². The number of rotatable bonds is 4. The van der Waals surface area contributed by atoms with Gasteiger partial charge in [0, 0.05) is 6.54 Å². The molecule has 1 aliphatic carbocycles. The van der Waals surface area contributed by atoms with Gasteiger partial charge in [-0.25, -0.2) is 0 Å². The molecule has 4 nitrogen and oxygen atoms in total. The third kappa shape index (κ3) is 3.84. The number of carbonyl (C=O) groups is 1. The Hall–Kier alpha value is -1.05. The first-order valence-corrected chi connectivity index (χ1v) is 5.63. The summed E-state index contributed by atoms with van der Waals surface area (Å²) in [5, 5.41) is 22.1. The average molecular weight is 225 g/mol. The number of carboxylic acids is 1. The molecule has 0 radical (unpaired) electrons. The van der Waals surface area contributed by atoms with E-state index in [1.54, 1.807) is 6.92 Å². The maximum Gasteiger partial charge on any atom is 0.306 e. The molecular formula is C12H19NO3. The van der Waals surface area contributed by atoms with Gasteiger partial charge in [-0.15, -0.1) is 5.92 Å². The minimum Gasteiger partial charge on any atom is -0.481 e. The van der Waals surface area contributed by atoms with Crippen molar-refractivity contribution < 1.29 is 15.0 Å². The number of carboxylic acid groups (broad SMARTS) is 1. The molecule has 0 aromatic heterocycles. The molecule has 0 amide bonds. The minimum atomic E-state index is -0.749. The van der Waals surface area contributed by atoms with Crippen molar-refractivity contribution in [1.82, 2.24) is 5.32 Å². The quantitative estimate of drug-likeness (QED) is 0.484. The Morgan fingerprint density at radius 1 is 1.50 bits per heavy atom. The molecule has 1 rings (SSSR count). The van der Waals surface area contributed by atoms with E-state index in [4.69, 9.17) is 5.11 Å². The number of hydrogen-bond acceptors (Lipinski definition) is 3. The van der Waals surface area contributed by atoms with E-state index in [9.17, 15) is 9.90 Å². The van der Waals surface area contributed by atoms with Crippen molar-refractivity contribution in [2.45, 2.75) is 38.2 Å². The molecule has 0 bridgehead atoms. The normalized spacial score (nSPS) is 29.2. The Morgan fingerprint density at radius 2 is 2.12 bits per heavy atom. The Kier molecular flexibility index (Phi) is 4.78. The van der Waals surface area contributed by atoms with Gasteiger partial charge in [0.1, 0.15) is 0 Å². The summed E-state index contributed by atoms with van der Waals surface area (Å²) in [6.07, 6.45) is 2.23. The van der Waals surface area contributed by atoms with Crippen LogP contribution in [-0.4, -0.2) is 34.9 Å². The van der Waals surface area contributed by atoms with Gasteiger partial charge in [-0.1, -0.05) is 5.92 Å². The van der Waals surface area contributed by atoms with Crippen LogP contribution in [0.3, 0.4) is 0 Å². The van der Waals surface area contributed by atoms with Crippen LogP contribution in [0.4, 0.5) is 0 Å². The molecule has 4 heteroatoms. The zero-order valence-electron chi connectivity index (χ0n) is 9.62. The highest BCUT2D eigenvalue weighted by Crippen LogP contribution is 2.31. The number of nitrogens with one attached hydrogen (secondary N) is 1. The molecule has 0 aliphatic heterocycles. The molecule has 3 N–H and O–H groups in total. The van der Waals surface area contributed by atoms with E-state index >= 15 is 0 Å². The second-order valence-electron chi connectivity index (χ2n) is 4.37. The van der Waals surface area contributed by atoms with E-state index in [0.717, 1.165) is 0 Å². The Bertz CT molecular complexity index is 295. The molecule has 0 spiro atoms. The van der Waals surface area contributed by atoms with Crippen LogP contribution in [0.15, 0.2) is 0 Å². The molecule has 16 heavy (non-hydrogen) atoms. The van der Waals surface area contributed by atoms with Gasteiger partial charge in [-0.2, -0.15) is 0 Å². The molecule has 0 unspecified atom stereocenters. The fraction of sp³-hybridized carbons (Fsp3) is 0.750. The first-order chi connectivity index (χ1) is 7.57. The highest BCUT2D eigenvalue weighted by Gasteiger charge is 2.35. The van der Waals surface area contributed by atoms with Crippen molar-refractivity contribution >= 4 is 5.97 Å². The van der Waals surface area contributed by atoms with E-state index in [2.05, 4.69) is 17.2 Å². The molecule has 1 saturated carbocycles. The summed E-state index contributed by atoms with van der Waals surface area (Å²) in [4.78, 5) is 10.7. The van der Waals surface area contributed by atoms with Gasteiger partial charge in [0.05, 0.1) is 18.1 Å². The average Bonchev–Trinajstić information content (AvgIpc) is 2.25. The van der Waals surface area contributed by atoms with Gasteiger partial charge < -0.3 is 15.5 Å². The van der Waals surface area contributed by atoms with Crippen LogP contribution in [0.2, 0.25) is 0 Å². The van der Waals surface area contributed by atoms with E-state index < -0.39 is 11.6 Å². The van der Waals surface area contributed by atoms with Crippen molar-refractivity contribution in [3.8, 4) is 11.8 Å². The molecule has 1 aliphatic rings. The van der Waals surface area contributed by atoms with Crippen LogP contribution >= 0.6 is 0 Å². The molecule has 0 saturated heterocycles. The highest BCUT2D eigenvalue weighted by atomic mass is 16.4. The van der Waals surface area contributed by atoms with Crippen LogP contribution in [0, 0.1) is 17.8 Å². The summed E-state index contributed by atoms with van der Waals surface area (Å²) in [5.74, 6) is 4.61. The summed E-state index contributed by atoms with van der Waals surface area (Å²) in [6.45, 7) is 2.84. The van der Waals surface area contributed by atoms with Crippen molar-refractivity contribution in [3.05, 3.63) is 0 Å². The van der Waals surface area contributed by atoms with Gasteiger partial charge in [-0.3, -0.25) is 4.79 Å². The lowest BCUT2D eigenvalue weighted by atomic mass is 9.79. The third-order valence-electron chi connectivity index (χ3n) is 3.11. The van der Waals surface area contributed by atoms with E-state index in [0.29, 0.717) is 38.8 Å². The molecule has 0 atom stereocenters. The number of aliphatic hydroxyl groups is 1. The largest absolute Gasteiger partial charge is 0.481 e. The fourth-order valence-electron chi connectivity index (χ4n) is 2.02. The van der Waals surface area contributed by atoms with Gasteiger partial charge in [-0.05, 0) is 32.6 Å². The lowest BCUT2D eigenvalue weighted by molar-refractivity contribution is -0.144. The monoisotopic (exact) mass is 225 g/mol. The van der Waals surface area contributed by atoms with Gasteiger partial charge in [0.2, 0.25) is 0 Å². The topological polar surface area (TPSA) is 69.6 Å². The first kappa shape index (κ1) is 13.0. The van der Waals surface area contributed by atoms with Crippen molar-refractivity contribution in [1.29, 1.82) is 0 Å². The van der Waals surface area contributed by atoms with Gasteiger partial charge in [0.25, 0.3) is 0 Å². The summed E-state index contributed by atoms with van der Waals surface area (Å²) < 4.78 is 0. The molecular weight excluding hydrogens is 206 g/mol. The Morgan fingerprint density at radius 3 is 2.62 bits per heavy atom. The van der Waals surface area contributed by atoms with Crippen molar-refractivity contribution in [2.75, 3.05) is 13.1 Å². The summed E-state index contributed by atoms with van der Waals surface area (Å²) in [6, 6.07) is 0. The third-order valence-corrected chi connectivity index (χ3v) is 3.11. The zero-order valence-corrected chi connectivity index (χ0v) is 9.62. The molecule has 0 aromatic carbocycles. The highest BCUT2D eigenvalue weighted by molar-refractivity contribution is 5.70. The Balaban J connectivity index is 2.31. The lowest BCUT2D eigenvalue weighted by Crippen LogP contribution is -2.44. The number of hydrogen-bond donors (Lipinski definition) is 3. The molecule has 90 valence electrons. The van der Waals surface area contributed by atoms with Gasteiger partial charge >= 0.3 is 5.97 Å². The SMILES string of the molecule is CC#CCNCC1(O)CCC(C(=O)O)CC1. The smallest absolute Gasteiger partial charge is 0.306 e. The van der Waals surface area contributed by atoms with Gasteiger partial charge in [0.15, 0.2) is 0 Å². The second kappa shape index (κ2) is 5.88. The predicted octanol–water partition coefficient (Wildman–Crippen LogP) is 0.605. The van der Waals surface area contributed by atoms with Crippen LogP contribution in [0.1, 0.15) is 32.6 Å². The summed E-state index contributed by atoms with van der Waals surface area (Å²) >= 11 is 0. The zero-order chi connectivity index (χ0) is 12.0. The van der Waals surface area contributed by atoms with Crippen molar-refractivity contribution in [2.24, 2.45) is 5.92 Å². The molecule has 0 heterocycles. The van der Waals surface area contributed by atoms with E-state index in [1.807, 2.05) is 0 Å². The lowest BCUT2D eigenvalue weighted by Gasteiger charge is -2.34. The van der Waals surface area contributed by atoms with Crippen LogP contribution in [-0.2, 0) is 4.79 Å². The van der Waals surface area contributed by atoms with E-state index in [1.165, 1.54) is 0 Å². The first-order valence-electron chi connectivity index (χ1n) is 5.63. The second-order valence-corrected chi connectivity index (χ2v) is 4.37. The number of aliphatic carboxylic acids is 1. The summed E-state index contributed by atoms with van der Waals surface area (Å²) in [7, 11) is 0. The fourth-order valence-corrected chi connectivity index (χ4v) is 2.02.